The van der Waals surface area contributed by atoms with Gasteiger partial charge in [0.15, 0.2) is 11.5 Å². The summed E-state index contributed by atoms with van der Waals surface area (Å²) in [6.07, 6.45) is -0.625. The van der Waals surface area contributed by atoms with Gasteiger partial charge in [0, 0.05) is 23.2 Å². The molecule has 0 aliphatic heterocycles. The molecule has 21 heavy (non-hydrogen) atoms. The molecule has 0 saturated heterocycles. The molecule has 0 saturated carbocycles. The molecule has 1 atom stereocenters. The highest BCUT2D eigenvalue weighted by Crippen LogP contribution is 2.34. The molecule has 0 fully saturated rings. The van der Waals surface area contributed by atoms with Crippen LogP contribution in [-0.4, -0.2) is 44.7 Å². The predicted molar refractivity (Wildman–Crippen MR) is 83.4 cm³/mol. The number of aliphatic hydroxyl groups excluding tert-OH is 1. The summed E-state index contributed by atoms with van der Waals surface area (Å²) in [4.78, 5) is 0. The van der Waals surface area contributed by atoms with Crippen LogP contribution in [0.2, 0.25) is 5.02 Å². The zero-order valence-corrected chi connectivity index (χ0v) is 13.7. The Kier molecular flexibility index (Phi) is 7.82. The molecule has 0 aliphatic rings. The van der Waals surface area contributed by atoms with Gasteiger partial charge in [0.1, 0.15) is 12.7 Å². The Labute approximate surface area is 131 Å². The summed E-state index contributed by atoms with van der Waals surface area (Å²) in [6, 6.07) is 3.50. The Bertz CT molecular complexity index is 440. The van der Waals surface area contributed by atoms with Crippen molar-refractivity contribution in [3.63, 3.8) is 0 Å². The molecule has 0 bridgehead atoms. The first-order chi connectivity index (χ1) is 9.97. The fraction of sp³-hybridized carbons (Fsp3) is 0.600. The molecular formula is C15H24ClNO4. The molecule has 0 heterocycles. The third-order valence-corrected chi connectivity index (χ3v) is 2.94. The highest BCUT2D eigenvalue weighted by molar-refractivity contribution is 6.30. The van der Waals surface area contributed by atoms with E-state index in [1.54, 1.807) is 13.2 Å². The molecule has 6 heteroatoms. The second-order valence-electron chi connectivity index (χ2n) is 4.97. The second-order valence-corrected chi connectivity index (χ2v) is 5.41. The molecule has 2 N–H and O–H groups in total. The number of halogens is 1. The van der Waals surface area contributed by atoms with E-state index in [2.05, 4.69) is 5.32 Å². The first-order valence-corrected chi connectivity index (χ1v) is 7.29. The van der Waals surface area contributed by atoms with Gasteiger partial charge in [-0.3, -0.25) is 0 Å². The van der Waals surface area contributed by atoms with Crippen LogP contribution in [-0.2, 0) is 11.3 Å². The van der Waals surface area contributed by atoms with E-state index in [0.717, 1.165) is 5.56 Å². The lowest BCUT2D eigenvalue weighted by atomic mass is 10.2. The van der Waals surface area contributed by atoms with Gasteiger partial charge >= 0.3 is 0 Å². The van der Waals surface area contributed by atoms with Crippen LogP contribution in [0.5, 0.6) is 11.5 Å². The number of benzene rings is 1. The van der Waals surface area contributed by atoms with Gasteiger partial charge in [0.05, 0.1) is 19.8 Å². The molecule has 1 rings (SSSR count). The number of aliphatic hydroxyl groups is 1. The average molecular weight is 318 g/mol. The van der Waals surface area contributed by atoms with Crippen molar-refractivity contribution in [3.8, 4) is 11.5 Å². The van der Waals surface area contributed by atoms with E-state index < -0.39 is 6.10 Å². The number of rotatable bonds is 9. The largest absolute Gasteiger partial charge is 0.493 e. The van der Waals surface area contributed by atoms with Crippen molar-refractivity contribution in [2.75, 3.05) is 27.4 Å². The molecule has 1 unspecified atom stereocenters. The summed E-state index contributed by atoms with van der Waals surface area (Å²) in [6.45, 7) is 4.78. The monoisotopic (exact) mass is 317 g/mol. The van der Waals surface area contributed by atoms with Crippen molar-refractivity contribution in [1.29, 1.82) is 0 Å². The Morgan fingerprint density at radius 3 is 2.57 bits per heavy atom. The highest BCUT2D eigenvalue weighted by atomic mass is 35.5. The van der Waals surface area contributed by atoms with Gasteiger partial charge < -0.3 is 24.6 Å². The molecule has 5 nitrogen and oxygen atoms in total. The maximum atomic E-state index is 9.87. The van der Waals surface area contributed by atoms with Crippen LogP contribution < -0.4 is 14.8 Å². The van der Waals surface area contributed by atoms with Crippen LogP contribution in [0.3, 0.4) is 0 Å². The van der Waals surface area contributed by atoms with Crippen molar-refractivity contribution in [1.82, 2.24) is 5.32 Å². The quantitative estimate of drug-likeness (QED) is 0.731. The summed E-state index contributed by atoms with van der Waals surface area (Å²) in [5.74, 6) is 1.13. The number of methoxy groups -OCH3 is 1. The molecule has 1 aromatic carbocycles. The molecule has 0 aromatic heterocycles. The van der Waals surface area contributed by atoms with Gasteiger partial charge in [-0.05, 0) is 27.0 Å². The van der Waals surface area contributed by atoms with E-state index in [0.29, 0.717) is 23.1 Å². The molecule has 0 radical (unpaired) electrons. The van der Waals surface area contributed by atoms with Gasteiger partial charge in [0.25, 0.3) is 0 Å². The zero-order valence-electron chi connectivity index (χ0n) is 13.0. The van der Waals surface area contributed by atoms with Crippen molar-refractivity contribution in [3.05, 3.63) is 22.7 Å². The van der Waals surface area contributed by atoms with E-state index in [9.17, 15) is 5.11 Å². The molecule has 0 aliphatic carbocycles. The number of ether oxygens (including phenoxy) is 3. The molecular weight excluding hydrogens is 294 g/mol. The minimum atomic E-state index is -0.699. The zero-order chi connectivity index (χ0) is 15.8. The predicted octanol–water partition coefficient (Wildman–Crippen LogP) is 2.23. The topological polar surface area (TPSA) is 60.0 Å². The first kappa shape index (κ1) is 18.0. The molecule has 120 valence electrons. The van der Waals surface area contributed by atoms with Gasteiger partial charge in [-0.25, -0.2) is 0 Å². The van der Waals surface area contributed by atoms with E-state index >= 15 is 0 Å². The van der Waals surface area contributed by atoms with Crippen LogP contribution in [0.1, 0.15) is 19.4 Å². The van der Waals surface area contributed by atoms with Crippen molar-refractivity contribution in [2.24, 2.45) is 0 Å². The van der Waals surface area contributed by atoms with E-state index in [-0.39, 0.29) is 19.3 Å². The molecule has 0 amide bonds. The third kappa shape index (κ3) is 6.09. The summed E-state index contributed by atoms with van der Waals surface area (Å²) < 4.78 is 16.4. The SMILES string of the molecule is CNCc1cc(Cl)cc(OC)c1OCC(O)COC(C)C. The Morgan fingerprint density at radius 1 is 1.29 bits per heavy atom. The van der Waals surface area contributed by atoms with Gasteiger partial charge in [-0.2, -0.15) is 0 Å². The normalized spacial score (nSPS) is 12.5. The number of hydrogen-bond acceptors (Lipinski definition) is 5. The summed E-state index contributed by atoms with van der Waals surface area (Å²) in [5.41, 5.74) is 0.874. The lowest BCUT2D eigenvalue weighted by molar-refractivity contribution is -0.0127. The summed E-state index contributed by atoms with van der Waals surface area (Å²) in [5, 5.41) is 13.5. The number of hydrogen-bond donors (Lipinski definition) is 2. The van der Waals surface area contributed by atoms with Crippen molar-refractivity contribution >= 4 is 11.6 Å². The van der Waals surface area contributed by atoms with Crippen LogP contribution in [0, 0.1) is 0 Å². The van der Waals surface area contributed by atoms with Crippen LogP contribution in [0.25, 0.3) is 0 Å². The first-order valence-electron chi connectivity index (χ1n) is 6.91. The van der Waals surface area contributed by atoms with E-state index in [4.69, 9.17) is 25.8 Å². The van der Waals surface area contributed by atoms with Gasteiger partial charge in [0.2, 0.25) is 0 Å². The van der Waals surface area contributed by atoms with Crippen LogP contribution in [0.4, 0.5) is 0 Å². The molecule has 1 aromatic rings. The Hall–Kier alpha value is -1.01. The molecule has 0 spiro atoms. The Balaban J connectivity index is 2.76. The Morgan fingerprint density at radius 2 is 2.00 bits per heavy atom. The van der Waals surface area contributed by atoms with Crippen molar-refractivity contribution in [2.45, 2.75) is 32.6 Å². The van der Waals surface area contributed by atoms with Crippen LogP contribution >= 0.6 is 11.6 Å². The standard InChI is InChI=1S/C15H24ClNO4/c1-10(2)20-8-13(18)9-21-15-11(7-17-3)5-12(16)6-14(15)19-4/h5-6,10,13,17-18H,7-9H2,1-4H3. The highest BCUT2D eigenvalue weighted by Gasteiger charge is 2.15. The smallest absolute Gasteiger partial charge is 0.165 e. The van der Waals surface area contributed by atoms with E-state index in [1.165, 1.54) is 0 Å². The summed E-state index contributed by atoms with van der Waals surface area (Å²) in [7, 11) is 3.39. The minimum absolute atomic E-state index is 0.0737. The third-order valence-electron chi connectivity index (χ3n) is 2.73. The summed E-state index contributed by atoms with van der Waals surface area (Å²) >= 11 is 6.05. The average Bonchev–Trinajstić information content (AvgIpc) is 2.43. The van der Waals surface area contributed by atoms with Crippen LogP contribution in [0.15, 0.2) is 12.1 Å². The van der Waals surface area contributed by atoms with Gasteiger partial charge in [-0.1, -0.05) is 11.6 Å². The number of nitrogens with one attached hydrogen (secondary N) is 1. The fourth-order valence-corrected chi connectivity index (χ4v) is 2.02. The second kappa shape index (κ2) is 9.10. The van der Waals surface area contributed by atoms with E-state index in [1.807, 2.05) is 27.0 Å². The lowest BCUT2D eigenvalue weighted by Gasteiger charge is -2.18. The minimum Gasteiger partial charge on any atom is -0.493 e. The fourth-order valence-electron chi connectivity index (χ4n) is 1.79. The van der Waals surface area contributed by atoms with Crippen molar-refractivity contribution < 1.29 is 19.3 Å². The lowest BCUT2D eigenvalue weighted by Crippen LogP contribution is -2.25. The maximum absolute atomic E-state index is 9.87. The van der Waals surface area contributed by atoms with Gasteiger partial charge in [-0.15, -0.1) is 0 Å². The maximum Gasteiger partial charge on any atom is 0.165 e.